The van der Waals surface area contributed by atoms with Gasteiger partial charge in [-0.2, -0.15) is 4.98 Å². The maximum absolute atomic E-state index is 12.9. The van der Waals surface area contributed by atoms with Crippen LogP contribution in [0.4, 0.5) is 17.5 Å². The van der Waals surface area contributed by atoms with Gasteiger partial charge >= 0.3 is 0 Å². The molecule has 3 aromatic heterocycles. The van der Waals surface area contributed by atoms with Gasteiger partial charge in [0.15, 0.2) is 0 Å². The molecular formula is C27H37N9O. The second kappa shape index (κ2) is 10.3. The molecule has 0 unspecified atom stereocenters. The highest BCUT2D eigenvalue weighted by molar-refractivity contribution is 5.97. The summed E-state index contributed by atoms with van der Waals surface area (Å²) in [6, 6.07) is 7.02. The van der Waals surface area contributed by atoms with Gasteiger partial charge < -0.3 is 25.0 Å². The average Bonchev–Trinajstić information content (AvgIpc) is 3.70. The molecule has 3 aromatic rings. The zero-order chi connectivity index (χ0) is 25.4. The molecule has 6 rings (SSSR count). The van der Waals surface area contributed by atoms with Crippen molar-refractivity contribution in [2.75, 3.05) is 63.6 Å². The molecular weight excluding hydrogens is 466 g/mol. The molecule has 2 saturated heterocycles. The summed E-state index contributed by atoms with van der Waals surface area (Å²) in [6.45, 7) is 6.50. The highest BCUT2D eigenvalue weighted by atomic mass is 16.2. The van der Waals surface area contributed by atoms with E-state index in [1.54, 1.807) is 25.2 Å². The van der Waals surface area contributed by atoms with E-state index in [4.69, 9.17) is 4.98 Å². The number of carbonyl (C=O) groups excluding carboxylic acids is 1. The van der Waals surface area contributed by atoms with Gasteiger partial charge in [-0.25, -0.2) is 9.97 Å². The second-order valence-corrected chi connectivity index (χ2v) is 10.7. The maximum Gasteiger partial charge on any atom is 0.270 e. The van der Waals surface area contributed by atoms with Crippen LogP contribution in [0, 0.1) is 0 Å². The van der Waals surface area contributed by atoms with E-state index in [9.17, 15) is 4.79 Å². The number of nitrogens with one attached hydrogen (secondary N) is 2. The number of amides is 1. The van der Waals surface area contributed by atoms with Crippen molar-refractivity contribution in [1.82, 2.24) is 34.6 Å². The SMILES string of the molecule is CN(C)C(=O)c1cc2cnc(Nc3ccc(N4CCN([C@H]5CCNC5)CC4)cn3)nc2n1C1CCCC1. The fourth-order valence-corrected chi connectivity index (χ4v) is 6.05. The molecule has 2 aliphatic heterocycles. The van der Waals surface area contributed by atoms with Crippen LogP contribution in [0.15, 0.2) is 30.6 Å². The minimum absolute atomic E-state index is 0.00240. The van der Waals surface area contributed by atoms with Gasteiger partial charge in [0.1, 0.15) is 17.2 Å². The summed E-state index contributed by atoms with van der Waals surface area (Å²) in [5, 5.41) is 7.64. The second-order valence-electron chi connectivity index (χ2n) is 10.7. The van der Waals surface area contributed by atoms with E-state index < -0.39 is 0 Å². The van der Waals surface area contributed by atoms with Crippen molar-refractivity contribution in [3.8, 4) is 0 Å². The van der Waals surface area contributed by atoms with Crippen LogP contribution in [-0.2, 0) is 0 Å². The first-order valence-corrected chi connectivity index (χ1v) is 13.6. The van der Waals surface area contributed by atoms with Gasteiger partial charge in [0, 0.05) is 70.5 Å². The summed E-state index contributed by atoms with van der Waals surface area (Å²) >= 11 is 0. The van der Waals surface area contributed by atoms with Gasteiger partial charge in [-0.1, -0.05) is 12.8 Å². The van der Waals surface area contributed by atoms with Crippen LogP contribution < -0.4 is 15.5 Å². The summed E-state index contributed by atoms with van der Waals surface area (Å²) < 4.78 is 2.13. The van der Waals surface area contributed by atoms with Crippen LogP contribution in [0.2, 0.25) is 0 Å². The molecule has 196 valence electrons. The number of piperazine rings is 1. The Morgan fingerprint density at radius 3 is 2.51 bits per heavy atom. The number of aromatic nitrogens is 4. The zero-order valence-electron chi connectivity index (χ0n) is 21.9. The van der Waals surface area contributed by atoms with Gasteiger partial charge in [0.05, 0.1) is 11.9 Å². The predicted octanol–water partition coefficient (Wildman–Crippen LogP) is 2.87. The normalized spacial score (nSPS) is 21.1. The van der Waals surface area contributed by atoms with Crippen LogP contribution >= 0.6 is 0 Å². The van der Waals surface area contributed by atoms with Crippen LogP contribution in [0.1, 0.15) is 48.6 Å². The molecule has 3 fully saturated rings. The Bertz CT molecular complexity index is 1230. The number of rotatable bonds is 6. The molecule has 1 aliphatic carbocycles. The lowest BCUT2D eigenvalue weighted by Crippen LogP contribution is -2.51. The van der Waals surface area contributed by atoms with Crippen molar-refractivity contribution < 1.29 is 4.79 Å². The van der Waals surface area contributed by atoms with Crippen molar-refractivity contribution in [3.05, 3.63) is 36.3 Å². The van der Waals surface area contributed by atoms with E-state index in [1.807, 2.05) is 18.3 Å². The number of pyridine rings is 1. The first-order valence-electron chi connectivity index (χ1n) is 13.6. The molecule has 10 heteroatoms. The monoisotopic (exact) mass is 503 g/mol. The van der Waals surface area contributed by atoms with Crippen LogP contribution in [0.5, 0.6) is 0 Å². The van der Waals surface area contributed by atoms with Gasteiger partial charge in [0.2, 0.25) is 5.95 Å². The Kier molecular flexibility index (Phi) is 6.69. The molecule has 0 aromatic carbocycles. The molecule has 2 N–H and O–H groups in total. The topological polar surface area (TPSA) is 94.5 Å². The molecule has 1 saturated carbocycles. The van der Waals surface area contributed by atoms with E-state index in [0.717, 1.165) is 68.8 Å². The number of hydrogen-bond donors (Lipinski definition) is 2. The molecule has 10 nitrogen and oxygen atoms in total. The molecule has 3 aliphatic rings. The van der Waals surface area contributed by atoms with Crippen LogP contribution in [0.3, 0.4) is 0 Å². The standard InChI is InChI=1S/C27H37N9O/c1-33(2)26(37)23-15-19-16-30-27(32-25(19)36(23)20-5-3-4-6-20)31-24-8-7-21(18-29-24)34-11-13-35(14-12-34)22-9-10-28-17-22/h7-8,15-16,18,20,22,28H,3-6,9-14,17H2,1-2H3,(H,29,30,31,32)/t22-/m0/s1. The maximum atomic E-state index is 12.9. The van der Waals surface area contributed by atoms with Crippen LogP contribution in [0.25, 0.3) is 11.0 Å². The summed E-state index contributed by atoms with van der Waals surface area (Å²) in [6.07, 6.45) is 9.49. The van der Waals surface area contributed by atoms with Crippen molar-refractivity contribution in [1.29, 1.82) is 0 Å². The lowest BCUT2D eigenvalue weighted by atomic mass is 10.2. The third-order valence-electron chi connectivity index (χ3n) is 8.11. The molecule has 1 atom stereocenters. The average molecular weight is 504 g/mol. The Morgan fingerprint density at radius 1 is 1.03 bits per heavy atom. The van der Waals surface area contributed by atoms with E-state index in [1.165, 1.54) is 19.3 Å². The Morgan fingerprint density at radius 2 is 1.84 bits per heavy atom. The molecule has 0 radical (unpaired) electrons. The third-order valence-corrected chi connectivity index (χ3v) is 8.11. The minimum atomic E-state index is -0.00240. The number of anilines is 3. The Labute approximate surface area is 218 Å². The molecule has 1 amide bonds. The number of nitrogens with zero attached hydrogens (tertiary/aromatic N) is 7. The van der Waals surface area contributed by atoms with Crippen molar-refractivity contribution in [2.24, 2.45) is 0 Å². The van der Waals surface area contributed by atoms with Gasteiger partial charge in [-0.05, 0) is 44.0 Å². The van der Waals surface area contributed by atoms with Gasteiger partial charge in [-0.15, -0.1) is 0 Å². The third kappa shape index (κ3) is 4.87. The van der Waals surface area contributed by atoms with E-state index in [-0.39, 0.29) is 5.91 Å². The largest absolute Gasteiger partial charge is 0.368 e. The Hall–Kier alpha value is -3.24. The minimum Gasteiger partial charge on any atom is -0.368 e. The first-order chi connectivity index (χ1) is 18.1. The van der Waals surface area contributed by atoms with E-state index >= 15 is 0 Å². The molecule has 37 heavy (non-hydrogen) atoms. The van der Waals surface area contributed by atoms with E-state index in [0.29, 0.717) is 29.5 Å². The quantitative estimate of drug-likeness (QED) is 0.530. The smallest absolute Gasteiger partial charge is 0.270 e. The first kappa shape index (κ1) is 24.1. The van der Waals surface area contributed by atoms with Gasteiger partial charge in [0.25, 0.3) is 5.91 Å². The zero-order valence-corrected chi connectivity index (χ0v) is 21.9. The molecule has 0 bridgehead atoms. The fourth-order valence-electron chi connectivity index (χ4n) is 6.05. The summed E-state index contributed by atoms with van der Waals surface area (Å²) in [4.78, 5) is 33.6. The summed E-state index contributed by atoms with van der Waals surface area (Å²) in [5.41, 5.74) is 2.64. The predicted molar refractivity (Wildman–Crippen MR) is 146 cm³/mol. The molecule has 0 spiro atoms. The number of fused-ring (bicyclic) bond motifs is 1. The summed E-state index contributed by atoms with van der Waals surface area (Å²) in [7, 11) is 3.58. The van der Waals surface area contributed by atoms with Crippen LogP contribution in [-0.4, -0.2) is 94.6 Å². The fraction of sp³-hybridized carbons (Fsp3) is 0.556. The van der Waals surface area contributed by atoms with Gasteiger partial charge in [-0.3, -0.25) is 9.69 Å². The molecule has 5 heterocycles. The summed E-state index contributed by atoms with van der Waals surface area (Å²) in [5.74, 6) is 1.20. The lowest BCUT2D eigenvalue weighted by Gasteiger charge is -2.38. The number of carbonyl (C=O) groups is 1. The highest BCUT2D eigenvalue weighted by Crippen LogP contribution is 2.35. The van der Waals surface area contributed by atoms with Crippen molar-refractivity contribution >= 4 is 34.4 Å². The lowest BCUT2D eigenvalue weighted by molar-refractivity contribution is 0.0815. The van der Waals surface area contributed by atoms with E-state index in [2.05, 4.69) is 41.0 Å². The Balaban J connectivity index is 1.17. The van der Waals surface area contributed by atoms with Crippen molar-refractivity contribution in [3.63, 3.8) is 0 Å². The van der Waals surface area contributed by atoms with Crippen molar-refractivity contribution in [2.45, 2.75) is 44.2 Å². The number of hydrogen-bond acceptors (Lipinski definition) is 8. The highest BCUT2D eigenvalue weighted by Gasteiger charge is 2.27.